The zero-order chi connectivity index (χ0) is 19.1. The molecule has 1 fully saturated rings. The number of methoxy groups -OCH3 is 1. The Bertz CT molecular complexity index is 797. The molecule has 2 aromatic rings. The number of nitrogens with zero attached hydrogens (tertiary/aromatic N) is 4. The van der Waals surface area contributed by atoms with Crippen LogP contribution in [0.2, 0.25) is 0 Å². The van der Waals surface area contributed by atoms with Crippen LogP contribution in [0.5, 0.6) is 5.75 Å². The molecule has 1 saturated heterocycles. The Labute approximate surface area is 158 Å². The largest absolute Gasteiger partial charge is 0.497 e. The van der Waals surface area contributed by atoms with Gasteiger partial charge >= 0.3 is 0 Å². The van der Waals surface area contributed by atoms with Crippen molar-refractivity contribution in [3.8, 4) is 23.1 Å². The van der Waals surface area contributed by atoms with Gasteiger partial charge in [-0.2, -0.15) is 10.2 Å². The van der Waals surface area contributed by atoms with Crippen molar-refractivity contribution in [3.63, 3.8) is 0 Å². The molecule has 142 valence electrons. The van der Waals surface area contributed by atoms with Crippen LogP contribution in [0.4, 0.5) is 11.8 Å². The van der Waals surface area contributed by atoms with Crippen molar-refractivity contribution >= 4 is 11.8 Å². The Kier molecular flexibility index (Phi) is 6.41. The second-order valence-corrected chi connectivity index (χ2v) is 6.23. The third kappa shape index (κ3) is 4.84. The standard InChI is InChI=1S/C19H24N6O2/c1-26-15-5-3-14(4-6-15)17-16(13-20)18(21)24-19(23-17)22-7-2-8-25-9-11-27-12-10-25/h3-6H,2,7-12H2,1H3,(H3,21,22,23,24). The van der Waals surface area contributed by atoms with Crippen LogP contribution in [0, 0.1) is 11.3 Å². The van der Waals surface area contributed by atoms with Crippen molar-refractivity contribution in [1.82, 2.24) is 14.9 Å². The van der Waals surface area contributed by atoms with Crippen molar-refractivity contribution in [2.75, 3.05) is 57.6 Å². The zero-order valence-corrected chi connectivity index (χ0v) is 15.4. The van der Waals surface area contributed by atoms with E-state index < -0.39 is 0 Å². The average molecular weight is 368 g/mol. The summed E-state index contributed by atoms with van der Waals surface area (Å²) in [5.74, 6) is 1.34. The predicted molar refractivity (Wildman–Crippen MR) is 104 cm³/mol. The van der Waals surface area contributed by atoms with Gasteiger partial charge in [-0.1, -0.05) is 0 Å². The summed E-state index contributed by atoms with van der Waals surface area (Å²) in [5, 5.41) is 12.7. The van der Waals surface area contributed by atoms with Gasteiger partial charge in [0.15, 0.2) is 0 Å². The van der Waals surface area contributed by atoms with Gasteiger partial charge in [0, 0.05) is 25.2 Å². The van der Waals surface area contributed by atoms with Crippen molar-refractivity contribution in [2.24, 2.45) is 0 Å². The van der Waals surface area contributed by atoms with E-state index in [2.05, 4.69) is 26.3 Å². The van der Waals surface area contributed by atoms with Crippen molar-refractivity contribution in [1.29, 1.82) is 5.26 Å². The molecule has 0 aliphatic carbocycles. The van der Waals surface area contributed by atoms with E-state index in [0.29, 0.717) is 11.6 Å². The van der Waals surface area contributed by atoms with Crippen LogP contribution in [-0.2, 0) is 4.74 Å². The molecule has 8 heteroatoms. The van der Waals surface area contributed by atoms with Crippen molar-refractivity contribution < 1.29 is 9.47 Å². The highest BCUT2D eigenvalue weighted by Gasteiger charge is 2.14. The van der Waals surface area contributed by atoms with E-state index in [1.807, 2.05) is 24.3 Å². The summed E-state index contributed by atoms with van der Waals surface area (Å²) in [7, 11) is 1.61. The lowest BCUT2D eigenvalue weighted by atomic mass is 10.1. The zero-order valence-electron chi connectivity index (χ0n) is 15.4. The van der Waals surface area contributed by atoms with E-state index in [1.165, 1.54) is 0 Å². The lowest BCUT2D eigenvalue weighted by Gasteiger charge is -2.26. The van der Waals surface area contributed by atoms with Crippen LogP contribution < -0.4 is 15.8 Å². The Hall–Kier alpha value is -2.89. The molecule has 0 atom stereocenters. The smallest absolute Gasteiger partial charge is 0.225 e. The molecule has 0 spiro atoms. The molecule has 0 amide bonds. The number of aromatic nitrogens is 2. The highest BCUT2D eigenvalue weighted by molar-refractivity contribution is 5.73. The van der Waals surface area contributed by atoms with E-state index in [9.17, 15) is 5.26 Å². The van der Waals surface area contributed by atoms with Crippen LogP contribution in [-0.4, -0.2) is 61.4 Å². The molecule has 27 heavy (non-hydrogen) atoms. The molecule has 1 aliphatic heterocycles. The van der Waals surface area contributed by atoms with Crippen molar-refractivity contribution in [2.45, 2.75) is 6.42 Å². The fraction of sp³-hybridized carbons (Fsp3) is 0.421. The summed E-state index contributed by atoms with van der Waals surface area (Å²) in [4.78, 5) is 11.1. The first kappa shape index (κ1) is 18.9. The highest BCUT2D eigenvalue weighted by atomic mass is 16.5. The lowest BCUT2D eigenvalue weighted by molar-refractivity contribution is 0.0378. The maximum atomic E-state index is 9.44. The molecule has 3 rings (SSSR count). The molecular formula is C19H24N6O2. The second-order valence-electron chi connectivity index (χ2n) is 6.23. The fourth-order valence-electron chi connectivity index (χ4n) is 2.95. The topological polar surface area (TPSA) is 109 Å². The molecule has 0 radical (unpaired) electrons. The first-order valence-electron chi connectivity index (χ1n) is 8.97. The molecule has 0 saturated carbocycles. The van der Waals surface area contributed by atoms with E-state index in [1.54, 1.807) is 7.11 Å². The number of anilines is 2. The normalized spacial score (nSPS) is 14.5. The maximum Gasteiger partial charge on any atom is 0.225 e. The summed E-state index contributed by atoms with van der Waals surface area (Å²) in [6.07, 6.45) is 0.959. The van der Waals surface area contributed by atoms with Gasteiger partial charge in [0.1, 0.15) is 23.2 Å². The number of morpholine rings is 1. The number of nitrogen functional groups attached to an aromatic ring is 1. The van der Waals surface area contributed by atoms with Gasteiger partial charge in [0.05, 0.1) is 26.0 Å². The number of rotatable bonds is 7. The van der Waals surface area contributed by atoms with Gasteiger partial charge in [0.2, 0.25) is 5.95 Å². The third-order valence-corrected chi connectivity index (χ3v) is 4.45. The van der Waals surface area contributed by atoms with Gasteiger partial charge in [-0.05, 0) is 37.2 Å². The van der Waals surface area contributed by atoms with Crippen LogP contribution in [0.1, 0.15) is 12.0 Å². The molecule has 1 aromatic carbocycles. The minimum absolute atomic E-state index is 0.175. The molecule has 0 bridgehead atoms. The molecular weight excluding hydrogens is 344 g/mol. The van der Waals surface area contributed by atoms with Crippen LogP contribution >= 0.6 is 0 Å². The van der Waals surface area contributed by atoms with E-state index >= 15 is 0 Å². The van der Waals surface area contributed by atoms with Crippen LogP contribution in [0.25, 0.3) is 11.3 Å². The molecule has 3 N–H and O–H groups in total. The summed E-state index contributed by atoms with van der Waals surface area (Å²) in [6, 6.07) is 9.45. The first-order chi connectivity index (χ1) is 13.2. The van der Waals surface area contributed by atoms with E-state index in [-0.39, 0.29) is 11.4 Å². The molecule has 1 aromatic heterocycles. The number of benzene rings is 1. The molecule has 8 nitrogen and oxygen atoms in total. The lowest BCUT2D eigenvalue weighted by Crippen LogP contribution is -2.37. The van der Waals surface area contributed by atoms with Gasteiger partial charge in [-0.25, -0.2) is 4.98 Å². The number of nitriles is 1. The van der Waals surface area contributed by atoms with Crippen LogP contribution in [0.15, 0.2) is 24.3 Å². The van der Waals surface area contributed by atoms with Crippen molar-refractivity contribution in [3.05, 3.63) is 29.8 Å². The van der Waals surface area contributed by atoms with Gasteiger partial charge in [-0.3, -0.25) is 4.90 Å². The fourth-order valence-corrected chi connectivity index (χ4v) is 2.95. The quantitative estimate of drug-likeness (QED) is 0.711. The van der Waals surface area contributed by atoms with Gasteiger partial charge in [0.25, 0.3) is 0 Å². The highest BCUT2D eigenvalue weighted by Crippen LogP contribution is 2.27. The van der Waals surface area contributed by atoms with Crippen LogP contribution in [0.3, 0.4) is 0 Å². The summed E-state index contributed by atoms with van der Waals surface area (Å²) >= 11 is 0. The number of hydrogen-bond acceptors (Lipinski definition) is 8. The number of hydrogen-bond donors (Lipinski definition) is 2. The molecule has 0 unspecified atom stereocenters. The number of ether oxygens (including phenoxy) is 2. The Balaban J connectivity index is 1.68. The summed E-state index contributed by atoms with van der Waals surface area (Å²) in [5.41, 5.74) is 7.57. The minimum Gasteiger partial charge on any atom is -0.497 e. The summed E-state index contributed by atoms with van der Waals surface area (Å²) in [6.45, 7) is 5.27. The molecule has 1 aliphatic rings. The second kappa shape index (κ2) is 9.16. The SMILES string of the molecule is COc1ccc(-c2nc(NCCCN3CCOCC3)nc(N)c2C#N)cc1. The maximum absolute atomic E-state index is 9.44. The van der Waals surface area contributed by atoms with Gasteiger partial charge < -0.3 is 20.5 Å². The summed E-state index contributed by atoms with van der Waals surface area (Å²) < 4.78 is 10.5. The Morgan fingerprint density at radius 2 is 2.00 bits per heavy atom. The monoisotopic (exact) mass is 368 g/mol. The number of nitrogens with one attached hydrogen (secondary N) is 1. The minimum atomic E-state index is 0.175. The van der Waals surface area contributed by atoms with E-state index in [0.717, 1.165) is 57.1 Å². The predicted octanol–water partition coefficient (Wildman–Crippen LogP) is 1.74. The Morgan fingerprint density at radius 1 is 1.26 bits per heavy atom. The molecule has 2 heterocycles. The van der Waals surface area contributed by atoms with E-state index in [4.69, 9.17) is 15.2 Å². The third-order valence-electron chi connectivity index (χ3n) is 4.45. The Morgan fingerprint density at radius 3 is 2.67 bits per heavy atom. The average Bonchev–Trinajstić information content (AvgIpc) is 2.71. The first-order valence-corrected chi connectivity index (χ1v) is 8.97. The van der Waals surface area contributed by atoms with Gasteiger partial charge in [-0.15, -0.1) is 0 Å². The number of nitrogens with two attached hydrogens (primary N) is 1.